The molecule has 6 nitrogen and oxygen atoms in total. The number of benzene rings is 1. The van der Waals surface area contributed by atoms with Gasteiger partial charge in [0, 0.05) is 19.3 Å². The van der Waals surface area contributed by atoms with E-state index >= 15 is 0 Å². The number of nitrogens with zero attached hydrogens (tertiary/aromatic N) is 3. The van der Waals surface area contributed by atoms with Crippen LogP contribution in [0.4, 0.5) is 4.39 Å². The molecule has 2 aromatic rings. The molecule has 0 aliphatic carbocycles. The molecule has 8 heteroatoms. The molecular weight excluding hydrogens is 412 g/mol. The number of rotatable bonds is 6. The van der Waals surface area contributed by atoms with E-state index in [0.29, 0.717) is 19.1 Å². The van der Waals surface area contributed by atoms with Crippen LogP contribution in [0.15, 0.2) is 41.5 Å². The van der Waals surface area contributed by atoms with Crippen LogP contribution in [-0.2, 0) is 11.3 Å². The molecule has 3 N–H and O–H groups in total. The molecule has 0 fully saturated rings. The summed E-state index contributed by atoms with van der Waals surface area (Å²) in [6.45, 7) is 2.87. The van der Waals surface area contributed by atoms with Gasteiger partial charge in [0.2, 0.25) is 0 Å². The number of methoxy groups -OCH3 is 1. The third-order valence-corrected chi connectivity index (χ3v) is 2.96. The minimum Gasteiger partial charge on any atom is -0.383 e. The lowest BCUT2D eigenvalue weighted by atomic mass is 10.3. The Morgan fingerprint density at radius 1 is 1.39 bits per heavy atom. The Morgan fingerprint density at radius 2 is 2.09 bits per heavy atom. The van der Waals surface area contributed by atoms with Gasteiger partial charge >= 0.3 is 0 Å². The molecule has 126 valence electrons. The smallest absolute Gasteiger partial charge is 0.189 e. The fourth-order valence-electron chi connectivity index (χ4n) is 1.94. The van der Waals surface area contributed by atoms with Gasteiger partial charge in [-0.05, 0) is 37.3 Å². The van der Waals surface area contributed by atoms with Crippen molar-refractivity contribution in [3.63, 3.8) is 0 Å². The number of nitrogens with one attached hydrogen (secondary N) is 1. The van der Waals surface area contributed by atoms with E-state index in [2.05, 4.69) is 15.4 Å². The number of aromatic nitrogens is 2. The summed E-state index contributed by atoms with van der Waals surface area (Å²) in [5.74, 6) is 0.0747. The van der Waals surface area contributed by atoms with Crippen molar-refractivity contribution in [3.05, 3.63) is 48.0 Å². The monoisotopic (exact) mass is 433 g/mol. The summed E-state index contributed by atoms with van der Waals surface area (Å²) in [5, 5.41) is 7.40. The van der Waals surface area contributed by atoms with Crippen molar-refractivity contribution in [2.45, 2.75) is 19.5 Å². The van der Waals surface area contributed by atoms with Crippen molar-refractivity contribution in [2.24, 2.45) is 10.7 Å². The highest BCUT2D eigenvalue weighted by Crippen LogP contribution is 2.09. The molecule has 1 aromatic heterocycles. The Labute approximate surface area is 151 Å². The normalized spacial score (nSPS) is 12.6. The fraction of sp³-hybridized carbons (Fsp3) is 0.333. The number of guanidine groups is 1. The molecule has 0 spiro atoms. The second-order valence-corrected chi connectivity index (χ2v) is 4.93. The lowest BCUT2D eigenvalue weighted by Gasteiger charge is -2.12. The van der Waals surface area contributed by atoms with Gasteiger partial charge in [-0.2, -0.15) is 5.10 Å². The average molecular weight is 433 g/mol. The SMILES string of the molecule is COCC(C)NC(N)=NCc1ccn(-c2ccc(F)cc2)n1.I. The molecule has 0 bridgehead atoms. The van der Waals surface area contributed by atoms with Crippen molar-refractivity contribution in [1.29, 1.82) is 0 Å². The topological polar surface area (TPSA) is 77.5 Å². The van der Waals surface area contributed by atoms with Crippen molar-refractivity contribution in [2.75, 3.05) is 13.7 Å². The maximum absolute atomic E-state index is 12.9. The summed E-state index contributed by atoms with van der Waals surface area (Å²) in [7, 11) is 1.63. The Morgan fingerprint density at radius 3 is 2.74 bits per heavy atom. The first-order valence-corrected chi connectivity index (χ1v) is 6.94. The van der Waals surface area contributed by atoms with Gasteiger partial charge in [0.05, 0.1) is 24.5 Å². The summed E-state index contributed by atoms with van der Waals surface area (Å²) in [6.07, 6.45) is 1.80. The standard InChI is InChI=1S/C15H20FN5O.HI/c1-11(10-22-2)19-15(17)18-9-13-7-8-21(20-13)14-5-3-12(16)4-6-14;/h3-8,11H,9-10H2,1-2H3,(H3,17,18,19);1H. The number of hydrogen-bond donors (Lipinski definition) is 2. The van der Waals surface area contributed by atoms with E-state index in [4.69, 9.17) is 10.5 Å². The molecule has 0 saturated carbocycles. The maximum Gasteiger partial charge on any atom is 0.189 e. The zero-order valence-corrected chi connectivity index (χ0v) is 15.4. The van der Waals surface area contributed by atoms with Crippen molar-refractivity contribution in [3.8, 4) is 5.69 Å². The van der Waals surface area contributed by atoms with Gasteiger partial charge < -0.3 is 15.8 Å². The summed E-state index contributed by atoms with van der Waals surface area (Å²) in [5.41, 5.74) is 7.35. The molecule has 0 radical (unpaired) electrons. The number of nitrogens with two attached hydrogens (primary N) is 1. The Bertz CT molecular complexity index is 629. The van der Waals surface area contributed by atoms with Gasteiger partial charge in [-0.1, -0.05) is 0 Å². The Kier molecular flexibility index (Phi) is 7.96. The zero-order valence-electron chi connectivity index (χ0n) is 13.1. The van der Waals surface area contributed by atoms with Gasteiger partial charge in [-0.3, -0.25) is 0 Å². The molecule has 2 rings (SSSR count). The van der Waals surface area contributed by atoms with E-state index in [-0.39, 0.29) is 35.8 Å². The molecule has 0 aliphatic heterocycles. The van der Waals surface area contributed by atoms with E-state index in [1.165, 1.54) is 12.1 Å². The van der Waals surface area contributed by atoms with Gasteiger partial charge in [-0.25, -0.2) is 14.1 Å². The predicted octanol–water partition coefficient (Wildman–Crippen LogP) is 2.07. The number of ether oxygens (including phenoxy) is 1. The van der Waals surface area contributed by atoms with Crippen LogP contribution in [0.2, 0.25) is 0 Å². The molecule has 0 aliphatic rings. The quantitative estimate of drug-likeness (QED) is 0.416. The van der Waals surface area contributed by atoms with E-state index in [9.17, 15) is 4.39 Å². The molecule has 1 unspecified atom stereocenters. The first kappa shape index (κ1) is 19.4. The largest absolute Gasteiger partial charge is 0.383 e. The van der Waals surface area contributed by atoms with Crippen molar-refractivity contribution >= 4 is 29.9 Å². The summed E-state index contributed by atoms with van der Waals surface area (Å²) in [4.78, 5) is 4.23. The fourth-order valence-corrected chi connectivity index (χ4v) is 1.94. The van der Waals surface area contributed by atoms with Gasteiger partial charge in [0.1, 0.15) is 5.82 Å². The first-order chi connectivity index (χ1) is 10.6. The van der Waals surface area contributed by atoms with Crippen LogP contribution in [0.25, 0.3) is 5.69 Å². The molecule has 1 heterocycles. The van der Waals surface area contributed by atoms with Crippen molar-refractivity contribution < 1.29 is 9.13 Å². The highest BCUT2D eigenvalue weighted by molar-refractivity contribution is 14.0. The van der Waals surface area contributed by atoms with Crippen LogP contribution >= 0.6 is 24.0 Å². The van der Waals surface area contributed by atoms with E-state index in [1.807, 2.05) is 13.0 Å². The Hall–Kier alpha value is -1.68. The van der Waals surface area contributed by atoms with Crippen LogP contribution in [0.1, 0.15) is 12.6 Å². The molecular formula is C15H21FIN5O. The van der Waals surface area contributed by atoms with E-state index in [0.717, 1.165) is 11.4 Å². The van der Waals surface area contributed by atoms with Crippen LogP contribution in [0.5, 0.6) is 0 Å². The van der Waals surface area contributed by atoms with Gasteiger partial charge in [0.25, 0.3) is 0 Å². The second-order valence-electron chi connectivity index (χ2n) is 4.93. The minimum absolute atomic E-state index is 0. The molecule has 0 saturated heterocycles. The predicted molar refractivity (Wildman–Crippen MR) is 98.7 cm³/mol. The number of aliphatic imine (C=N–C) groups is 1. The van der Waals surface area contributed by atoms with Gasteiger partial charge in [-0.15, -0.1) is 24.0 Å². The molecule has 23 heavy (non-hydrogen) atoms. The van der Waals surface area contributed by atoms with Crippen LogP contribution in [-0.4, -0.2) is 35.5 Å². The summed E-state index contributed by atoms with van der Waals surface area (Å²) >= 11 is 0. The van der Waals surface area contributed by atoms with E-state index in [1.54, 1.807) is 30.1 Å². The van der Waals surface area contributed by atoms with Gasteiger partial charge in [0.15, 0.2) is 5.96 Å². The third-order valence-electron chi connectivity index (χ3n) is 2.96. The molecule has 0 amide bonds. The Balaban J connectivity index is 0.00000264. The zero-order chi connectivity index (χ0) is 15.9. The minimum atomic E-state index is -0.273. The van der Waals surface area contributed by atoms with Crippen molar-refractivity contribution in [1.82, 2.24) is 15.1 Å². The number of halogens is 2. The lowest BCUT2D eigenvalue weighted by Crippen LogP contribution is -2.40. The number of hydrogen-bond acceptors (Lipinski definition) is 3. The van der Waals surface area contributed by atoms with Crippen LogP contribution in [0.3, 0.4) is 0 Å². The average Bonchev–Trinajstić information content (AvgIpc) is 2.95. The second kappa shape index (κ2) is 9.46. The van der Waals surface area contributed by atoms with Crippen LogP contribution in [0, 0.1) is 5.82 Å². The third kappa shape index (κ3) is 6.14. The maximum atomic E-state index is 12.9. The molecule has 1 aromatic carbocycles. The van der Waals surface area contributed by atoms with Crippen LogP contribution < -0.4 is 11.1 Å². The van der Waals surface area contributed by atoms with E-state index < -0.39 is 0 Å². The lowest BCUT2D eigenvalue weighted by molar-refractivity contribution is 0.179. The summed E-state index contributed by atoms with van der Waals surface area (Å²) in [6, 6.07) is 8.06. The summed E-state index contributed by atoms with van der Waals surface area (Å²) < 4.78 is 19.6. The first-order valence-electron chi connectivity index (χ1n) is 6.94. The highest BCUT2D eigenvalue weighted by Gasteiger charge is 2.03. The highest BCUT2D eigenvalue weighted by atomic mass is 127. The molecule has 1 atom stereocenters.